The van der Waals surface area contributed by atoms with Crippen LogP contribution in [0, 0.1) is 25.2 Å². The maximum Gasteiger partial charge on any atom is 0.101 e. The molecule has 102 valence electrons. The van der Waals surface area contributed by atoms with Gasteiger partial charge in [0.25, 0.3) is 0 Å². The zero-order valence-electron chi connectivity index (χ0n) is 11.9. The van der Waals surface area contributed by atoms with Crippen molar-refractivity contribution in [2.24, 2.45) is 0 Å². The van der Waals surface area contributed by atoms with Crippen LogP contribution in [0.5, 0.6) is 0 Å². The predicted octanol–water partition coefficient (Wildman–Crippen LogP) is 5.00. The number of hydrogen-bond acceptors (Lipinski definition) is 2. The van der Waals surface area contributed by atoms with E-state index < -0.39 is 0 Å². The molecular weight excluding hydrogens is 268 g/mol. The third-order valence-electron chi connectivity index (χ3n) is 3.21. The first-order valence-corrected chi connectivity index (χ1v) is 6.92. The van der Waals surface area contributed by atoms with Gasteiger partial charge in [-0.2, -0.15) is 5.26 Å². The molecule has 0 saturated carbocycles. The van der Waals surface area contributed by atoms with Gasteiger partial charge in [-0.1, -0.05) is 40.9 Å². The van der Waals surface area contributed by atoms with Crippen molar-refractivity contribution in [3.63, 3.8) is 0 Å². The molecule has 0 saturated heterocycles. The first-order valence-electron chi connectivity index (χ1n) is 6.54. The van der Waals surface area contributed by atoms with Crippen LogP contribution in [0.3, 0.4) is 0 Å². The average Bonchev–Trinajstić information content (AvgIpc) is 2.39. The van der Waals surface area contributed by atoms with Crippen LogP contribution in [0.2, 0.25) is 5.02 Å². The van der Waals surface area contributed by atoms with Crippen molar-refractivity contribution >= 4 is 17.3 Å². The van der Waals surface area contributed by atoms with Crippen LogP contribution in [0.1, 0.15) is 35.2 Å². The Kier molecular flexibility index (Phi) is 4.32. The van der Waals surface area contributed by atoms with Gasteiger partial charge in [0.1, 0.15) is 6.07 Å². The van der Waals surface area contributed by atoms with Crippen LogP contribution >= 0.6 is 11.6 Å². The number of anilines is 1. The SMILES string of the molecule is Cc1cc(C)cc(C(C)Nc2ccc(Cl)c(C#N)c2)c1. The molecule has 2 rings (SSSR count). The summed E-state index contributed by atoms with van der Waals surface area (Å²) >= 11 is 5.94. The summed E-state index contributed by atoms with van der Waals surface area (Å²) in [6, 6.07) is 14.2. The summed E-state index contributed by atoms with van der Waals surface area (Å²) in [5, 5.41) is 12.9. The molecule has 0 bridgehead atoms. The number of benzene rings is 2. The molecule has 1 unspecified atom stereocenters. The van der Waals surface area contributed by atoms with Crippen LogP contribution in [-0.2, 0) is 0 Å². The van der Waals surface area contributed by atoms with Crippen LogP contribution in [0.15, 0.2) is 36.4 Å². The minimum Gasteiger partial charge on any atom is -0.378 e. The van der Waals surface area contributed by atoms with E-state index in [0.717, 1.165) is 5.69 Å². The van der Waals surface area contributed by atoms with Gasteiger partial charge in [0, 0.05) is 11.7 Å². The second-order valence-electron chi connectivity index (χ2n) is 5.09. The summed E-state index contributed by atoms with van der Waals surface area (Å²) in [5.41, 5.74) is 5.13. The molecule has 2 nitrogen and oxygen atoms in total. The zero-order chi connectivity index (χ0) is 14.7. The van der Waals surface area contributed by atoms with E-state index >= 15 is 0 Å². The fourth-order valence-electron chi connectivity index (χ4n) is 2.29. The van der Waals surface area contributed by atoms with E-state index in [-0.39, 0.29) is 6.04 Å². The number of rotatable bonds is 3. The molecule has 0 aliphatic carbocycles. The molecule has 2 aromatic rings. The van der Waals surface area contributed by atoms with Gasteiger partial charge < -0.3 is 5.32 Å². The lowest BCUT2D eigenvalue weighted by Crippen LogP contribution is -2.07. The number of hydrogen-bond donors (Lipinski definition) is 1. The fourth-order valence-corrected chi connectivity index (χ4v) is 2.45. The smallest absolute Gasteiger partial charge is 0.101 e. The van der Waals surface area contributed by atoms with E-state index in [1.54, 1.807) is 12.1 Å². The minimum absolute atomic E-state index is 0.168. The third kappa shape index (κ3) is 3.31. The Hall–Kier alpha value is -1.98. The van der Waals surface area contributed by atoms with Gasteiger partial charge in [0.05, 0.1) is 10.6 Å². The van der Waals surface area contributed by atoms with Crippen molar-refractivity contribution in [1.29, 1.82) is 5.26 Å². The van der Waals surface area contributed by atoms with Crippen LogP contribution in [0.4, 0.5) is 5.69 Å². The van der Waals surface area contributed by atoms with Gasteiger partial charge >= 0.3 is 0 Å². The van der Waals surface area contributed by atoms with Crippen LogP contribution in [0.25, 0.3) is 0 Å². The van der Waals surface area contributed by atoms with E-state index in [2.05, 4.69) is 50.4 Å². The molecule has 2 aromatic carbocycles. The molecule has 0 fully saturated rings. The van der Waals surface area contributed by atoms with E-state index in [4.69, 9.17) is 16.9 Å². The summed E-state index contributed by atoms with van der Waals surface area (Å²) in [7, 11) is 0. The third-order valence-corrected chi connectivity index (χ3v) is 3.54. The molecule has 0 aromatic heterocycles. The number of aryl methyl sites for hydroxylation is 2. The molecule has 3 heteroatoms. The highest BCUT2D eigenvalue weighted by Crippen LogP contribution is 2.24. The molecule has 1 atom stereocenters. The van der Waals surface area contributed by atoms with Crippen molar-refractivity contribution in [2.75, 3.05) is 5.32 Å². The number of nitrogens with zero attached hydrogens (tertiary/aromatic N) is 1. The summed E-state index contributed by atoms with van der Waals surface area (Å²) in [6.07, 6.45) is 0. The predicted molar refractivity (Wildman–Crippen MR) is 84.1 cm³/mol. The van der Waals surface area contributed by atoms with Crippen molar-refractivity contribution in [2.45, 2.75) is 26.8 Å². The highest BCUT2D eigenvalue weighted by atomic mass is 35.5. The van der Waals surface area contributed by atoms with E-state index in [1.807, 2.05) is 6.07 Å². The van der Waals surface area contributed by atoms with Crippen molar-refractivity contribution in [3.05, 3.63) is 63.7 Å². The minimum atomic E-state index is 0.168. The van der Waals surface area contributed by atoms with Crippen LogP contribution < -0.4 is 5.32 Å². The Morgan fingerprint density at radius 3 is 2.35 bits per heavy atom. The second kappa shape index (κ2) is 5.98. The molecule has 0 heterocycles. The quantitative estimate of drug-likeness (QED) is 0.861. The topological polar surface area (TPSA) is 35.8 Å². The molecule has 0 radical (unpaired) electrons. The Bertz CT molecular complexity index is 651. The van der Waals surface area contributed by atoms with Gasteiger partial charge in [0.2, 0.25) is 0 Å². The fraction of sp³-hybridized carbons (Fsp3) is 0.235. The van der Waals surface area contributed by atoms with E-state index in [1.165, 1.54) is 16.7 Å². The summed E-state index contributed by atoms with van der Waals surface area (Å²) in [4.78, 5) is 0. The summed E-state index contributed by atoms with van der Waals surface area (Å²) in [5.74, 6) is 0. The van der Waals surface area contributed by atoms with Gasteiger partial charge in [-0.3, -0.25) is 0 Å². The Labute approximate surface area is 125 Å². The van der Waals surface area contributed by atoms with Crippen molar-refractivity contribution in [3.8, 4) is 6.07 Å². The Balaban J connectivity index is 2.23. The Morgan fingerprint density at radius 1 is 1.10 bits per heavy atom. The van der Waals surface area contributed by atoms with Gasteiger partial charge in [-0.05, 0) is 44.5 Å². The maximum absolute atomic E-state index is 9.00. The highest BCUT2D eigenvalue weighted by Gasteiger charge is 2.08. The lowest BCUT2D eigenvalue weighted by Gasteiger charge is -2.17. The monoisotopic (exact) mass is 284 g/mol. The number of halogens is 1. The standard InChI is InChI=1S/C17H17ClN2/c1-11-6-12(2)8-14(7-11)13(3)20-16-4-5-17(18)15(9-16)10-19/h4-9,13,20H,1-3H3. The van der Waals surface area contributed by atoms with Crippen LogP contribution in [-0.4, -0.2) is 0 Å². The maximum atomic E-state index is 9.00. The Morgan fingerprint density at radius 2 is 1.75 bits per heavy atom. The lowest BCUT2D eigenvalue weighted by atomic mass is 10.0. The molecule has 0 spiro atoms. The first kappa shape index (κ1) is 14.4. The molecular formula is C17H17ClN2. The summed E-state index contributed by atoms with van der Waals surface area (Å²) < 4.78 is 0. The average molecular weight is 285 g/mol. The lowest BCUT2D eigenvalue weighted by molar-refractivity contribution is 0.880. The summed E-state index contributed by atoms with van der Waals surface area (Å²) in [6.45, 7) is 6.30. The largest absolute Gasteiger partial charge is 0.378 e. The van der Waals surface area contributed by atoms with E-state index in [0.29, 0.717) is 10.6 Å². The number of nitriles is 1. The van der Waals surface area contributed by atoms with Gasteiger partial charge in [-0.25, -0.2) is 0 Å². The number of nitrogens with one attached hydrogen (secondary N) is 1. The van der Waals surface area contributed by atoms with Gasteiger partial charge in [0.15, 0.2) is 0 Å². The van der Waals surface area contributed by atoms with Gasteiger partial charge in [-0.15, -0.1) is 0 Å². The molecule has 0 amide bonds. The van der Waals surface area contributed by atoms with Crippen molar-refractivity contribution in [1.82, 2.24) is 0 Å². The first-order chi connectivity index (χ1) is 9.49. The normalized spacial score (nSPS) is 11.8. The highest BCUT2D eigenvalue weighted by molar-refractivity contribution is 6.31. The second-order valence-corrected chi connectivity index (χ2v) is 5.50. The molecule has 1 N–H and O–H groups in total. The van der Waals surface area contributed by atoms with E-state index in [9.17, 15) is 0 Å². The van der Waals surface area contributed by atoms with Crippen molar-refractivity contribution < 1.29 is 0 Å². The molecule has 0 aliphatic heterocycles. The molecule has 20 heavy (non-hydrogen) atoms. The molecule has 0 aliphatic rings. The zero-order valence-corrected chi connectivity index (χ0v) is 12.6.